The Morgan fingerprint density at radius 1 is 1.06 bits per heavy atom. The van der Waals surface area contributed by atoms with Gasteiger partial charge in [0, 0.05) is 32.7 Å². The number of likely N-dealkylation sites (N-methyl/N-ethyl adjacent to an activating group) is 1. The molecule has 1 aromatic heterocycles. The van der Waals surface area contributed by atoms with E-state index in [0.29, 0.717) is 18.7 Å². The number of hydrogen-bond donors (Lipinski definition) is 1. The zero-order valence-electron chi connectivity index (χ0n) is 20.0. The second-order valence-electron chi connectivity index (χ2n) is 9.03. The molecule has 0 saturated carbocycles. The van der Waals surface area contributed by atoms with Gasteiger partial charge in [0.2, 0.25) is 11.2 Å². The predicted molar refractivity (Wildman–Crippen MR) is 127 cm³/mol. The van der Waals surface area contributed by atoms with Gasteiger partial charge in [0.15, 0.2) is 0 Å². The molecule has 0 unspecified atom stereocenters. The number of hydrogen-bond acceptors (Lipinski definition) is 6. The van der Waals surface area contributed by atoms with Crippen molar-refractivity contribution < 1.29 is 27.4 Å². The normalized spacial score (nSPS) is 15.7. The average molecular weight is 491 g/mol. The molecule has 9 heteroatoms. The van der Waals surface area contributed by atoms with Gasteiger partial charge in [-0.3, -0.25) is 9.69 Å². The van der Waals surface area contributed by atoms with Gasteiger partial charge in [0.1, 0.15) is 17.1 Å². The molecular weight excluding hydrogens is 461 g/mol. The predicted octanol–water partition coefficient (Wildman–Crippen LogP) is 5.57. The number of aromatic hydroxyl groups is 1. The molecule has 1 saturated heterocycles. The van der Waals surface area contributed by atoms with Gasteiger partial charge in [-0.2, -0.15) is 13.2 Å². The van der Waals surface area contributed by atoms with E-state index in [1.165, 1.54) is 18.2 Å². The zero-order chi connectivity index (χ0) is 25.3. The van der Waals surface area contributed by atoms with E-state index >= 15 is 0 Å². The average Bonchev–Trinajstić information content (AvgIpc) is 2.82. The molecule has 2 heterocycles. The summed E-state index contributed by atoms with van der Waals surface area (Å²) in [7, 11) is 0. The van der Waals surface area contributed by atoms with Gasteiger partial charge in [0.05, 0.1) is 10.9 Å². The van der Waals surface area contributed by atoms with Crippen molar-refractivity contribution in [3.05, 3.63) is 63.5 Å². The molecule has 0 atom stereocenters. The first-order valence-corrected chi connectivity index (χ1v) is 11.7. The third kappa shape index (κ3) is 5.16. The van der Waals surface area contributed by atoms with Crippen LogP contribution in [0, 0.1) is 0 Å². The van der Waals surface area contributed by atoms with Crippen LogP contribution in [0.5, 0.6) is 17.2 Å². The molecule has 35 heavy (non-hydrogen) atoms. The minimum atomic E-state index is -4.98. The first kappa shape index (κ1) is 25.1. The Hall–Kier alpha value is -3.04. The van der Waals surface area contributed by atoms with Crippen LogP contribution in [0.3, 0.4) is 0 Å². The lowest BCUT2D eigenvalue weighted by atomic mass is 10.0. The summed E-state index contributed by atoms with van der Waals surface area (Å²) < 4.78 is 53.3. The van der Waals surface area contributed by atoms with Crippen molar-refractivity contribution in [2.24, 2.45) is 0 Å². The standard InChI is InChI=1S/C26H29F3N2O4/c1-4-30-11-13-31(14-12-30)15-19-20(32)10-9-18-22(33)24(25(26(27,28)29)35-23(18)19)34-21-8-6-5-7-17(21)16(2)3/h5-10,16,32H,4,11-15H2,1-3H3. The van der Waals surface area contributed by atoms with Gasteiger partial charge in [-0.15, -0.1) is 0 Å². The molecule has 188 valence electrons. The fraction of sp³-hybridized carbons (Fsp3) is 0.423. The molecule has 6 nitrogen and oxygen atoms in total. The Morgan fingerprint density at radius 2 is 1.71 bits per heavy atom. The Morgan fingerprint density at radius 3 is 2.34 bits per heavy atom. The van der Waals surface area contributed by atoms with E-state index in [9.17, 15) is 23.1 Å². The van der Waals surface area contributed by atoms with E-state index < -0.39 is 23.1 Å². The van der Waals surface area contributed by atoms with Crippen LogP contribution in [0.2, 0.25) is 0 Å². The lowest BCUT2D eigenvalue weighted by Gasteiger charge is -2.34. The topological polar surface area (TPSA) is 66.2 Å². The summed E-state index contributed by atoms with van der Waals surface area (Å²) in [5, 5.41) is 10.4. The molecule has 0 bridgehead atoms. The maximum atomic E-state index is 14.1. The highest BCUT2D eigenvalue weighted by Gasteiger charge is 2.41. The highest BCUT2D eigenvalue weighted by Crippen LogP contribution is 2.41. The van der Waals surface area contributed by atoms with Gasteiger partial charge < -0.3 is 19.2 Å². The van der Waals surface area contributed by atoms with Crippen LogP contribution in [0.25, 0.3) is 11.0 Å². The molecule has 2 aromatic carbocycles. The number of para-hydroxylation sites is 1. The second-order valence-corrected chi connectivity index (χ2v) is 9.03. The van der Waals surface area contributed by atoms with Gasteiger partial charge in [-0.25, -0.2) is 0 Å². The summed E-state index contributed by atoms with van der Waals surface area (Å²) in [5.41, 5.74) is -0.388. The molecule has 1 aliphatic rings. The Kier molecular flexibility index (Phi) is 7.10. The summed E-state index contributed by atoms with van der Waals surface area (Å²) >= 11 is 0. The number of nitrogens with zero attached hydrogens (tertiary/aromatic N) is 2. The van der Waals surface area contributed by atoms with Crippen molar-refractivity contribution in [3.63, 3.8) is 0 Å². The summed E-state index contributed by atoms with van der Waals surface area (Å²) in [5.74, 6) is -2.52. The number of piperazine rings is 1. The van der Waals surface area contributed by atoms with Crippen LogP contribution >= 0.6 is 0 Å². The molecule has 0 aliphatic carbocycles. The molecule has 4 rings (SSSR count). The number of phenols is 1. The minimum Gasteiger partial charge on any atom is -0.507 e. The Labute approximate surface area is 201 Å². The van der Waals surface area contributed by atoms with Gasteiger partial charge in [-0.05, 0) is 36.2 Å². The van der Waals surface area contributed by atoms with E-state index in [-0.39, 0.29) is 40.5 Å². The number of fused-ring (bicyclic) bond motifs is 1. The van der Waals surface area contributed by atoms with Crippen molar-refractivity contribution in [2.45, 2.75) is 39.4 Å². The SMILES string of the molecule is CCN1CCN(Cc2c(O)ccc3c(=O)c(Oc4ccccc4C(C)C)c(C(F)(F)F)oc23)CC1. The molecule has 0 spiro atoms. The minimum absolute atomic E-state index is 0.0373. The Balaban J connectivity index is 1.82. The first-order valence-electron chi connectivity index (χ1n) is 11.7. The lowest BCUT2D eigenvalue weighted by Crippen LogP contribution is -2.45. The van der Waals surface area contributed by atoms with Crippen LogP contribution in [-0.2, 0) is 12.7 Å². The van der Waals surface area contributed by atoms with Crippen molar-refractivity contribution in [2.75, 3.05) is 32.7 Å². The lowest BCUT2D eigenvalue weighted by molar-refractivity contribution is -0.154. The summed E-state index contributed by atoms with van der Waals surface area (Å²) in [6.07, 6.45) is -4.98. The Bertz CT molecular complexity index is 1260. The van der Waals surface area contributed by atoms with Crippen LogP contribution in [-0.4, -0.2) is 47.6 Å². The van der Waals surface area contributed by atoms with E-state index in [2.05, 4.69) is 11.8 Å². The van der Waals surface area contributed by atoms with Gasteiger partial charge in [0.25, 0.3) is 5.76 Å². The van der Waals surface area contributed by atoms with Crippen LogP contribution in [0.4, 0.5) is 13.2 Å². The summed E-state index contributed by atoms with van der Waals surface area (Å²) in [6, 6.07) is 9.24. The van der Waals surface area contributed by atoms with Crippen molar-refractivity contribution in [1.82, 2.24) is 9.80 Å². The van der Waals surface area contributed by atoms with Crippen LogP contribution in [0.1, 0.15) is 43.6 Å². The van der Waals surface area contributed by atoms with Gasteiger partial charge in [-0.1, -0.05) is 39.0 Å². The third-order valence-corrected chi connectivity index (χ3v) is 6.40. The largest absolute Gasteiger partial charge is 0.507 e. The molecule has 0 radical (unpaired) electrons. The molecular formula is C26H29F3N2O4. The fourth-order valence-electron chi connectivity index (χ4n) is 4.37. The van der Waals surface area contributed by atoms with Crippen molar-refractivity contribution in [3.8, 4) is 17.2 Å². The van der Waals surface area contributed by atoms with E-state index in [1.54, 1.807) is 18.2 Å². The molecule has 3 aromatic rings. The third-order valence-electron chi connectivity index (χ3n) is 6.40. The number of ether oxygens (including phenoxy) is 1. The number of alkyl halides is 3. The van der Waals surface area contributed by atoms with E-state index in [1.807, 2.05) is 18.7 Å². The summed E-state index contributed by atoms with van der Waals surface area (Å²) in [4.78, 5) is 17.6. The maximum Gasteiger partial charge on any atom is 0.453 e. The molecule has 0 amide bonds. The van der Waals surface area contributed by atoms with E-state index in [0.717, 1.165) is 19.6 Å². The highest BCUT2D eigenvalue weighted by atomic mass is 19.4. The second kappa shape index (κ2) is 9.91. The molecule has 1 N–H and O–H groups in total. The summed E-state index contributed by atoms with van der Waals surface area (Å²) in [6.45, 7) is 9.91. The van der Waals surface area contributed by atoms with Crippen molar-refractivity contribution in [1.29, 1.82) is 0 Å². The first-order chi connectivity index (χ1) is 16.6. The number of halogens is 3. The number of rotatable bonds is 6. The zero-order valence-corrected chi connectivity index (χ0v) is 20.0. The van der Waals surface area contributed by atoms with Gasteiger partial charge >= 0.3 is 6.18 Å². The number of benzene rings is 2. The van der Waals surface area contributed by atoms with Crippen molar-refractivity contribution >= 4 is 11.0 Å². The number of phenolic OH excluding ortho intramolecular Hbond substituents is 1. The van der Waals surface area contributed by atoms with Crippen LogP contribution in [0.15, 0.2) is 45.6 Å². The molecule has 1 aliphatic heterocycles. The van der Waals surface area contributed by atoms with E-state index in [4.69, 9.17) is 9.15 Å². The quantitative estimate of drug-likeness (QED) is 0.487. The smallest absolute Gasteiger partial charge is 0.453 e. The fourth-order valence-corrected chi connectivity index (χ4v) is 4.37. The highest BCUT2D eigenvalue weighted by molar-refractivity contribution is 5.83. The monoisotopic (exact) mass is 490 g/mol. The van der Waals surface area contributed by atoms with Crippen LogP contribution < -0.4 is 10.2 Å². The molecule has 1 fully saturated rings. The maximum absolute atomic E-state index is 14.1.